The Morgan fingerprint density at radius 1 is 1.16 bits per heavy atom. The maximum absolute atomic E-state index is 12.5. The van der Waals surface area contributed by atoms with Crippen LogP contribution in [0.2, 0.25) is 0 Å². The lowest BCUT2D eigenvalue weighted by molar-refractivity contribution is 0.0556. The van der Waals surface area contributed by atoms with Crippen molar-refractivity contribution < 1.29 is 19.0 Å². The summed E-state index contributed by atoms with van der Waals surface area (Å²) in [7, 11) is 0. The van der Waals surface area contributed by atoms with Crippen molar-refractivity contribution in [2.24, 2.45) is 0 Å². The first-order valence-corrected chi connectivity index (χ1v) is 10.8. The van der Waals surface area contributed by atoms with Crippen LogP contribution in [0.1, 0.15) is 58.2 Å². The second-order valence-corrected chi connectivity index (χ2v) is 8.38. The van der Waals surface area contributed by atoms with Crippen LogP contribution in [0.3, 0.4) is 0 Å². The Hall–Kier alpha value is -2.90. The van der Waals surface area contributed by atoms with Gasteiger partial charge >= 0.3 is 6.09 Å². The molecule has 8 nitrogen and oxygen atoms in total. The average molecular weight is 429 g/mol. The van der Waals surface area contributed by atoms with Gasteiger partial charge in [0.15, 0.2) is 5.75 Å². The Balaban J connectivity index is 1.67. The molecule has 8 heteroatoms. The first-order chi connectivity index (χ1) is 14.8. The van der Waals surface area contributed by atoms with Gasteiger partial charge in [0.05, 0.1) is 23.5 Å². The largest absolute Gasteiger partial charge is 0.474 e. The molecular weight excluding hydrogens is 396 g/mol. The number of aryl methyl sites for hydroxylation is 1. The molecule has 3 atom stereocenters. The molecule has 3 rings (SSSR count). The number of ether oxygens (including phenoxy) is 3. The van der Waals surface area contributed by atoms with Crippen molar-refractivity contribution in [3.63, 3.8) is 0 Å². The Bertz CT molecular complexity index is 905. The first kappa shape index (κ1) is 22.8. The van der Waals surface area contributed by atoms with E-state index in [1.807, 2.05) is 51.7 Å². The van der Waals surface area contributed by atoms with Gasteiger partial charge in [0, 0.05) is 24.7 Å². The van der Waals surface area contributed by atoms with Crippen LogP contribution in [0.15, 0.2) is 24.7 Å². The molecule has 1 amide bonds. The lowest BCUT2D eigenvalue weighted by Gasteiger charge is -2.30. The van der Waals surface area contributed by atoms with Gasteiger partial charge < -0.3 is 19.1 Å². The van der Waals surface area contributed by atoms with E-state index < -0.39 is 0 Å². The number of carbonyl (C=O) groups excluding carboxylic acids is 1. The average Bonchev–Trinajstić information content (AvgIpc) is 3.06. The van der Waals surface area contributed by atoms with E-state index in [9.17, 15) is 4.79 Å². The monoisotopic (exact) mass is 428 g/mol. The standard InChI is InChI=1S/C23H32N4O4/c1-14(2)29-23(28)27-15(3)9-10-19(27)12-16(4)30-21-17(5)22(26-13-25-21)31-20-8-7-11-24-18(20)6/h7-8,11,13-16,19H,9-10,12H2,1-6H3/t15?,16-,19?/m1/s1. The lowest BCUT2D eigenvalue weighted by Crippen LogP contribution is -2.42. The van der Waals surface area contributed by atoms with E-state index in [-0.39, 0.29) is 30.4 Å². The third-order valence-corrected chi connectivity index (χ3v) is 5.41. The lowest BCUT2D eigenvalue weighted by atomic mass is 10.1. The highest BCUT2D eigenvalue weighted by Crippen LogP contribution is 2.31. The van der Waals surface area contributed by atoms with Crippen molar-refractivity contribution in [3.8, 4) is 17.5 Å². The van der Waals surface area contributed by atoms with Crippen LogP contribution in [0, 0.1) is 13.8 Å². The van der Waals surface area contributed by atoms with Crippen molar-refractivity contribution in [1.29, 1.82) is 0 Å². The van der Waals surface area contributed by atoms with Gasteiger partial charge in [-0.1, -0.05) is 0 Å². The fourth-order valence-corrected chi connectivity index (χ4v) is 3.84. The van der Waals surface area contributed by atoms with Gasteiger partial charge in [-0.25, -0.2) is 14.8 Å². The number of likely N-dealkylation sites (tertiary alicyclic amines) is 1. The molecule has 0 radical (unpaired) electrons. The smallest absolute Gasteiger partial charge is 0.410 e. The van der Waals surface area contributed by atoms with Crippen molar-refractivity contribution in [3.05, 3.63) is 35.9 Å². The van der Waals surface area contributed by atoms with Gasteiger partial charge in [-0.15, -0.1) is 0 Å². The topological polar surface area (TPSA) is 86.7 Å². The Labute approximate surface area is 184 Å². The van der Waals surface area contributed by atoms with Crippen molar-refractivity contribution in [1.82, 2.24) is 19.9 Å². The molecule has 2 unspecified atom stereocenters. The molecule has 0 aliphatic carbocycles. The molecule has 1 fully saturated rings. The van der Waals surface area contributed by atoms with E-state index in [1.54, 1.807) is 6.20 Å². The van der Waals surface area contributed by atoms with Gasteiger partial charge in [0.1, 0.15) is 6.33 Å². The summed E-state index contributed by atoms with van der Waals surface area (Å²) in [4.78, 5) is 27.2. The molecule has 1 aliphatic rings. The highest BCUT2D eigenvalue weighted by molar-refractivity contribution is 5.69. The molecule has 0 bridgehead atoms. The number of nitrogens with zero attached hydrogens (tertiary/aromatic N) is 4. The van der Waals surface area contributed by atoms with Crippen molar-refractivity contribution >= 4 is 6.09 Å². The van der Waals surface area contributed by atoms with Crippen LogP contribution < -0.4 is 9.47 Å². The predicted molar refractivity (Wildman–Crippen MR) is 116 cm³/mol. The van der Waals surface area contributed by atoms with Gasteiger partial charge in [-0.3, -0.25) is 4.98 Å². The quantitative estimate of drug-likeness (QED) is 0.624. The SMILES string of the molecule is Cc1ncccc1Oc1ncnc(O[C@H](C)CC2CCC(C)N2C(=O)OC(C)C)c1C. The number of pyridine rings is 1. The molecule has 2 aromatic heterocycles. The zero-order chi connectivity index (χ0) is 22.5. The second kappa shape index (κ2) is 9.94. The summed E-state index contributed by atoms with van der Waals surface area (Å²) in [6, 6.07) is 3.90. The Kier molecular flexibility index (Phi) is 7.30. The first-order valence-electron chi connectivity index (χ1n) is 10.8. The van der Waals surface area contributed by atoms with Gasteiger partial charge in [-0.2, -0.15) is 0 Å². The fraction of sp³-hybridized carbons (Fsp3) is 0.565. The molecule has 0 spiro atoms. The zero-order valence-corrected chi connectivity index (χ0v) is 19.2. The summed E-state index contributed by atoms with van der Waals surface area (Å²) >= 11 is 0. The molecular formula is C23H32N4O4. The molecule has 0 aromatic carbocycles. The zero-order valence-electron chi connectivity index (χ0n) is 19.2. The minimum atomic E-state index is -0.252. The van der Waals surface area contributed by atoms with Crippen LogP contribution in [0.25, 0.3) is 0 Å². The third kappa shape index (κ3) is 5.62. The van der Waals surface area contributed by atoms with Crippen LogP contribution in [0.4, 0.5) is 4.79 Å². The number of rotatable bonds is 7. The summed E-state index contributed by atoms with van der Waals surface area (Å²) in [6.07, 6.45) is 5.19. The molecule has 1 aliphatic heterocycles. The number of hydrogen-bond donors (Lipinski definition) is 0. The molecule has 2 aromatic rings. The number of hydrogen-bond acceptors (Lipinski definition) is 7. The van der Waals surface area contributed by atoms with E-state index >= 15 is 0 Å². The van der Waals surface area contributed by atoms with Gasteiger partial charge in [0.2, 0.25) is 11.8 Å². The molecule has 0 saturated carbocycles. The van der Waals surface area contributed by atoms with E-state index in [1.165, 1.54) is 6.33 Å². The molecule has 31 heavy (non-hydrogen) atoms. The Morgan fingerprint density at radius 3 is 2.61 bits per heavy atom. The maximum Gasteiger partial charge on any atom is 0.410 e. The van der Waals surface area contributed by atoms with E-state index in [0.29, 0.717) is 29.5 Å². The van der Waals surface area contributed by atoms with Crippen LogP contribution in [-0.2, 0) is 4.74 Å². The van der Waals surface area contributed by atoms with Crippen LogP contribution in [0.5, 0.6) is 17.5 Å². The summed E-state index contributed by atoms with van der Waals surface area (Å²) < 4.78 is 17.5. The summed E-state index contributed by atoms with van der Waals surface area (Å²) in [5.74, 6) is 1.55. The minimum absolute atomic E-state index is 0.0761. The van der Waals surface area contributed by atoms with Crippen LogP contribution in [-0.4, -0.2) is 50.2 Å². The van der Waals surface area contributed by atoms with Gasteiger partial charge in [-0.05, 0) is 66.5 Å². The van der Waals surface area contributed by atoms with E-state index in [2.05, 4.69) is 21.9 Å². The van der Waals surface area contributed by atoms with Crippen molar-refractivity contribution in [2.45, 2.75) is 85.1 Å². The second-order valence-electron chi connectivity index (χ2n) is 8.38. The summed E-state index contributed by atoms with van der Waals surface area (Å²) in [6.45, 7) is 11.5. The Morgan fingerprint density at radius 2 is 1.90 bits per heavy atom. The van der Waals surface area contributed by atoms with E-state index in [4.69, 9.17) is 14.2 Å². The molecule has 3 heterocycles. The minimum Gasteiger partial charge on any atom is -0.474 e. The highest BCUT2D eigenvalue weighted by Gasteiger charge is 2.36. The maximum atomic E-state index is 12.5. The predicted octanol–water partition coefficient (Wildman–Crippen LogP) is 4.84. The van der Waals surface area contributed by atoms with E-state index in [0.717, 1.165) is 18.5 Å². The fourth-order valence-electron chi connectivity index (χ4n) is 3.84. The summed E-state index contributed by atoms with van der Waals surface area (Å²) in [5.41, 5.74) is 1.49. The molecule has 168 valence electrons. The number of carbonyl (C=O) groups is 1. The number of aromatic nitrogens is 3. The molecule has 0 N–H and O–H groups in total. The highest BCUT2D eigenvalue weighted by atomic mass is 16.6. The third-order valence-electron chi connectivity index (χ3n) is 5.41. The normalized spacial score (nSPS) is 19.4. The summed E-state index contributed by atoms with van der Waals surface area (Å²) in [5, 5.41) is 0. The van der Waals surface area contributed by atoms with Gasteiger partial charge in [0.25, 0.3) is 0 Å². The number of amides is 1. The van der Waals surface area contributed by atoms with Crippen molar-refractivity contribution in [2.75, 3.05) is 0 Å². The molecule has 1 saturated heterocycles. The van der Waals surface area contributed by atoms with Crippen LogP contribution >= 0.6 is 0 Å².